The van der Waals surface area contributed by atoms with Crippen molar-refractivity contribution in [2.24, 2.45) is 0 Å². The van der Waals surface area contributed by atoms with Gasteiger partial charge in [0.15, 0.2) is 0 Å². The summed E-state index contributed by atoms with van der Waals surface area (Å²) in [6.45, 7) is 5.52. The van der Waals surface area contributed by atoms with Crippen molar-refractivity contribution in [1.29, 1.82) is 0 Å². The first-order valence-electron chi connectivity index (χ1n) is 7.02. The minimum Gasteiger partial charge on any atom is -0.483 e. The molecule has 0 spiro atoms. The van der Waals surface area contributed by atoms with Crippen molar-refractivity contribution in [3.8, 4) is 0 Å². The minimum atomic E-state index is -0.544. The Morgan fingerprint density at radius 3 is 2.30 bits per heavy atom. The highest BCUT2D eigenvalue weighted by Crippen LogP contribution is 2.06. The fourth-order valence-corrected chi connectivity index (χ4v) is 1.39. The second kappa shape index (κ2) is 11.1. The second-order valence-corrected chi connectivity index (χ2v) is 5.43. The third kappa shape index (κ3) is 12.9. The molecule has 0 fully saturated rings. The smallest absolute Gasteiger partial charge is 0.407 e. The molecule has 1 amide bonds. The molecule has 1 aromatic carbocycles. The van der Waals surface area contributed by atoms with Crippen LogP contribution >= 0.6 is 0 Å². The number of hydrogen-bond donors (Lipinski definition) is 2. The predicted octanol–water partition coefficient (Wildman–Crippen LogP) is 2.35. The summed E-state index contributed by atoms with van der Waals surface area (Å²) < 4.78 is 10.1. The van der Waals surface area contributed by atoms with Crippen LogP contribution in [0.1, 0.15) is 32.8 Å². The molecule has 0 aromatic heterocycles. The highest BCUT2D eigenvalue weighted by molar-refractivity contribution is 5.72. The average molecular weight is 325 g/mol. The summed E-state index contributed by atoms with van der Waals surface area (Å²) in [6.07, 6.45) is -0.417. The highest BCUT2D eigenvalue weighted by atomic mass is 16.6. The number of rotatable bonds is 5. The Morgan fingerprint density at radius 2 is 1.78 bits per heavy atom. The molecule has 7 nitrogen and oxygen atoms in total. The van der Waals surface area contributed by atoms with Crippen molar-refractivity contribution < 1.29 is 29.0 Å². The van der Waals surface area contributed by atoms with E-state index in [1.54, 1.807) is 20.8 Å². The minimum absolute atomic E-state index is 0.117. The number of carbonyl (C=O) groups excluding carboxylic acids is 2. The molecule has 7 heteroatoms. The number of nitrogens with one attached hydrogen (secondary N) is 1. The topological polar surface area (TPSA) is 102 Å². The summed E-state index contributed by atoms with van der Waals surface area (Å²) in [5.41, 5.74) is 0.388. The zero-order valence-electron chi connectivity index (χ0n) is 13.6. The van der Waals surface area contributed by atoms with Gasteiger partial charge in [0.1, 0.15) is 12.2 Å². The van der Waals surface area contributed by atoms with Crippen LogP contribution in [0.25, 0.3) is 0 Å². The van der Waals surface area contributed by atoms with Gasteiger partial charge in [0.25, 0.3) is 6.47 Å². The van der Waals surface area contributed by atoms with Crippen LogP contribution in [0.3, 0.4) is 0 Å². The van der Waals surface area contributed by atoms with Gasteiger partial charge < -0.3 is 19.9 Å². The third-order valence-corrected chi connectivity index (χ3v) is 2.24. The molecular weight excluding hydrogens is 302 g/mol. The zero-order valence-corrected chi connectivity index (χ0v) is 13.6. The number of hydrogen-bond acceptors (Lipinski definition) is 5. The SMILES string of the molecule is CC(C)(C)OC(=O)NCCC(=O)OCc1ccccc1.O=CO. The van der Waals surface area contributed by atoms with Gasteiger partial charge in [0, 0.05) is 6.54 Å². The summed E-state index contributed by atoms with van der Waals surface area (Å²) in [4.78, 5) is 31.2. The van der Waals surface area contributed by atoms with Gasteiger partial charge in [0.05, 0.1) is 6.42 Å². The van der Waals surface area contributed by atoms with Crippen LogP contribution < -0.4 is 5.32 Å². The fraction of sp³-hybridized carbons (Fsp3) is 0.438. The molecule has 0 aliphatic rings. The lowest BCUT2D eigenvalue weighted by molar-refractivity contribution is -0.144. The van der Waals surface area contributed by atoms with Crippen LogP contribution in [0, 0.1) is 0 Å². The molecule has 2 N–H and O–H groups in total. The van der Waals surface area contributed by atoms with Crippen LogP contribution in [0.2, 0.25) is 0 Å². The Bertz CT molecular complexity index is 481. The Balaban J connectivity index is 0.00000149. The van der Waals surface area contributed by atoms with Crippen molar-refractivity contribution in [3.05, 3.63) is 35.9 Å². The van der Waals surface area contributed by atoms with Crippen LogP contribution in [-0.4, -0.2) is 35.8 Å². The molecule has 1 aromatic rings. The molecule has 0 saturated heterocycles. The molecule has 1 rings (SSSR count). The van der Waals surface area contributed by atoms with E-state index < -0.39 is 11.7 Å². The monoisotopic (exact) mass is 325 g/mol. The Morgan fingerprint density at radius 1 is 1.22 bits per heavy atom. The van der Waals surface area contributed by atoms with Gasteiger partial charge in [-0.15, -0.1) is 0 Å². The van der Waals surface area contributed by atoms with E-state index >= 15 is 0 Å². The standard InChI is InChI=1S/C15H21NO4.CH2O2/c1-15(2,3)20-14(18)16-10-9-13(17)19-11-12-7-5-4-6-8-12;2-1-3/h4-8H,9-11H2,1-3H3,(H,16,18);1H,(H,2,3). The van der Waals surface area contributed by atoms with E-state index in [0.29, 0.717) is 0 Å². The number of carboxylic acid groups (broad SMARTS) is 1. The second-order valence-electron chi connectivity index (χ2n) is 5.43. The van der Waals surface area contributed by atoms with Crippen LogP contribution in [0.4, 0.5) is 4.79 Å². The quantitative estimate of drug-likeness (QED) is 0.636. The lowest BCUT2D eigenvalue weighted by atomic mass is 10.2. The molecular formula is C16H23NO6. The maximum Gasteiger partial charge on any atom is 0.407 e. The Hall–Kier alpha value is -2.57. The largest absolute Gasteiger partial charge is 0.483 e. The third-order valence-electron chi connectivity index (χ3n) is 2.24. The number of esters is 1. The molecule has 23 heavy (non-hydrogen) atoms. The summed E-state index contributed by atoms with van der Waals surface area (Å²) in [5, 5.41) is 9.40. The zero-order chi connectivity index (χ0) is 17.7. The van der Waals surface area contributed by atoms with Crippen molar-refractivity contribution >= 4 is 18.5 Å². The first-order chi connectivity index (χ1) is 10.8. The van der Waals surface area contributed by atoms with Crippen molar-refractivity contribution in [3.63, 3.8) is 0 Å². The van der Waals surface area contributed by atoms with Gasteiger partial charge in [0.2, 0.25) is 0 Å². The van der Waals surface area contributed by atoms with Gasteiger partial charge in [-0.05, 0) is 26.3 Å². The first kappa shape index (κ1) is 20.4. The average Bonchev–Trinajstić information content (AvgIpc) is 2.45. The van der Waals surface area contributed by atoms with Crippen LogP contribution in [-0.2, 0) is 25.7 Å². The molecule has 0 bridgehead atoms. The van der Waals surface area contributed by atoms with E-state index in [9.17, 15) is 9.59 Å². The van der Waals surface area contributed by atoms with Gasteiger partial charge in [-0.3, -0.25) is 9.59 Å². The summed E-state index contributed by atoms with van der Waals surface area (Å²) in [7, 11) is 0. The maximum atomic E-state index is 11.5. The Labute approximate surface area is 135 Å². The summed E-state index contributed by atoms with van der Waals surface area (Å²) in [6, 6.07) is 9.43. The van der Waals surface area contributed by atoms with E-state index in [1.165, 1.54) is 0 Å². The van der Waals surface area contributed by atoms with E-state index in [0.717, 1.165) is 5.56 Å². The molecule has 0 aliphatic heterocycles. The number of alkyl carbamates (subject to hydrolysis) is 1. The van der Waals surface area contributed by atoms with Crippen LogP contribution in [0.5, 0.6) is 0 Å². The lowest BCUT2D eigenvalue weighted by Crippen LogP contribution is -2.33. The van der Waals surface area contributed by atoms with Crippen molar-refractivity contribution in [1.82, 2.24) is 5.32 Å². The number of carbonyl (C=O) groups is 3. The molecule has 0 atom stereocenters. The van der Waals surface area contributed by atoms with Gasteiger partial charge in [-0.25, -0.2) is 4.79 Å². The number of ether oxygens (including phenoxy) is 2. The van der Waals surface area contributed by atoms with E-state index in [1.807, 2.05) is 30.3 Å². The van der Waals surface area contributed by atoms with Gasteiger partial charge in [-0.1, -0.05) is 30.3 Å². The molecule has 0 radical (unpaired) electrons. The van der Waals surface area contributed by atoms with Crippen LogP contribution in [0.15, 0.2) is 30.3 Å². The lowest BCUT2D eigenvalue weighted by Gasteiger charge is -2.19. The molecule has 128 valence electrons. The van der Waals surface area contributed by atoms with E-state index in [-0.39, 0.29) is 32.0 Å². The molecule has 0 aliphatic carbocycles. The molecule has 0 saturated carbocycles. The summed E-state index contributed by atoms with van der Waals surface area (Å²) in [5.74, 6) is -0.357. The summed E-state index contributed by atoms with van der Waals surface area (Å²) >= 11 is 0. The Kier molecular flexibility index (Phi) is 9.82. The number of amides is 1. The van der Waals surface area contributed by atoms with E-state index in [4.69, 9.17) is 19.4 Å². The normalized spacial score (nSPS) is 9.87. The molecule has 0 unspecified atom stereocenters. The van der Waals surface area contributed by atoms with Gasteiger partial charge >= 0.3 is 12.1 Å². The van der Waals surface area contributed by atoms with Gasteiger partial charge in [-0.2, -0.15) is 0 Å². The first-order valence-corrected chi connectivity index (χ1v) is 7.02. The molecule has 0 heterocycles. The highest BCUT2D eigenvalue weighted by Gasteiger charge is 2.15. The predicted molar refractivity (Wildman–Crippen MR) is 83.8 cm³/mol. The van der Waals surface area contributed by atoms with E-state index in [2.05, 4.69) is 5.32 Å². The van der Waals surface area contributed by atoms with Crippen molar-refractivity contribution in [2.75, 3.05) is 6.54 Å². The fourth-order valence-electron chi connectivity index (χ4n) is 1.39. The number of benzene rings is 1. The maximum absolute atomic E-state index is 11.5. The van der Waals surface area contributed by atoms with Crippen molar-refractivity contribution in [2.45, 2.75) is 39.4 Å².